The van der Waals surface area contributed by atoms with Crippen molar-refractivity contribution >= 4 is 5.96 Å². The summed E-state index contributed by atoms with van der Waals surface area (Å²) in [7, 11) is 1.74. The molecule has 1 aromatic carbocycles. The Balaban J connectivity index is 1.31. The molecule has 0 radical (unpaired) electrons. The van der Waals surface area contributed by atoms with Crippen LogP contribution in [-0.4, -0.2) is 29.1 Å². The van der Waals surface area contributed by atoms with Crippen molar-refractivity contribution in [1.29, 1.82) is 0 Å². The summed E-state index contributed by atoms with van der Waals surface area (Å²) in [4.78, 5) is 13.3. The van der Waals surface area contributed by atoms with Gasteiger partial charge in [-0.3, -0.25) is 4.99 Å². The number of nitrogens with one attached hydrogen (secondary N) is 2. The van der Waals surface area contributed by atoms with Gasteiger partial charge in [-0.1, -0.05) is 24.3 Å². The standard InChI is InChI=1S/C23H27N5O2/c1-24-23(27-15-19-16-29-22(28-19)17-8-3-2-4-9-17)26-14-18-10-7-13-25-21(18)30-20-11-5-6-12-20/h2-4,7-10,13,16,20H,5-6,11-12,14-15H2,1H3,(H2,24,26,27). The summed E-state index contributed by atoms with van der Waals surface area (Å²) < 4.78 is 11.7. The van der Waals surface area contributed by atoms with Crippen molar-refractivity contribution in [2.24, 2.45) is 4.99 Å². The first kappa shape index (κ1) is 19.9. The zero-order valence-electron chi connectivity index (χ0n) is 17.2. The van der Waals surface area contributed by atoms with Crippen molar-refractivity contribution in [2.75, 3.05) is 7.05 Å². The number of aliphatic imine (C=N–C) groups is 1. The molecule has 1 saturated carbocycles. The lowest BCUT2D eigenvalue weighted by Gasteiger charge is -2.16. The predicted molar refractivity (Wildman–Crippen MR) is 116 cm³/mol. The first-order valence-electron chi connectivity index (χ1n) is 10.4. The van der Waals surface area contributed by atoms with E-state index in [0.29, 0.717) is 30.8 Å². The van der Waals surface area contributed by atoms with Crippen LogP contribution in [0, 0.1) is 0 Å². The number of nitrogens with zero attached hydrogens (tertiary/aromatic N) is 3. The first-order chi connectivity index (χ1) is 14.8. The number of rotatable bonds is 7. The van der Waals surface area contributed by atoms with Gasteiger partial charge < -0.3 is 19.8 Å². The van der Waals surface area contributed by atoms with Gasteiger partial charge in [0.05, 0.1) is 12.2 Å². The van der Waals surface area contributed by atoms with Gasteiger partial charge in [0.15, 0.2) is 5.96 Å². The number of pyridine rings is 1. The Kier molecular flexibility index (Phi) is 6.59. The summed E-state index contributed by atoms with van der Waals surface area (Å²) in [5.41, 5.74) is 2.78. The Bertz CT molecular complexity index is 964. The number of oxazole rings is 1. The van der Waals surface area contributed by atoms with Gasteiger partial charge in [-0.25, -0.2) is 9.97 Å². The quantitative estimate of drug-likeness (QED) is 0.458. The minimum atomic E-state index is 0.280. The zero-order chi connectivity index (χ0) is 20.6. The average Bonchev–Trinajstić information content (AvgIpc) is 3.48. The van der Waals surface area contributed by atoms with Crippen LogP contribution in [0.4, 0.5) is 0 Å². The normalized spacial score (nSPS) is 14.6. The minimum absolute atomic E-state index is 0.280. The van der Waals surface area contributed by atoms with E-state index in [1.165, 1.54) is 12.8 Å². The Morgan fingerprint density at radius 2 is 1.90 bits per heavy atom. The van der Waals surface area contributed by atoms with E-state index in [1.54, 1.807) is 19.5 Å². The van der Waals surface area contributed by atoms with Crippen LogP contribution in [-0.2, 0) is 13.1 Å². The molecule has 1 aliphatic carbocycles. The van der Waals surface area contributed by atoms with E-state index < -0.39 is 0 Å². The molecule has 1 aliphatic rings. The molecule has 1 fully saturated rings. The molecule has 2 N–H and O–H groups in total. The number of hydrogen-bond acceptors (Lipinski definition) is 5. The SMILES string of the molecule is CN=C(NCc1coc(-c2ccccc2)n1)NCc1cccnc1OC1CCCC1. The van der Waals surface area contributed by atoms with E-state index in [0.717, 1.165) is 29.7 Å². The third-order valence-electron chi connectivity index (χ3n) is 5.11. The molecule has 0 saturated heterocycles. The fourth-order valence-corrected chi connectivity index (χ4v) is 3.50. The van der Waals surface area contributed by atoms with E-state index in [9.17, 15) is 0 Å². The third-order valence-corrected chi connectivity index (χ3v) is 5.11. The van der Waals surface area contributed by atoms with E-state index in [4.69, 9.17) is 9.15 Å². The van der Waals surface area contributed by atoms with Gasteiger partial charge >= 0.3 is 0 Å². The fourth-order valence-electron chi connectivity index (χ4n) is 3.50. The molecule has 2 aromatic heterocycles. The summed E-state index contributed by atoms with van der Waals surface area (Å²) in [5, 5.41) is 6.59. The Morgan fingerprint density at radius 1 is 1.10 bits per heavy atom. The molecule has 0 atom stereocenters. The molecule has 3 aromatic rings. The summed E-state index contributed by atoms with van der Waals surface area (Å²) in [6.45, 7) is 1.08. The topological polar surface area (TPSA) is 84.6 Å². The Hall–Kier alpha value is -3.35. The van der Waals surface area contributed by atoms with Gasteiger partial charge in [-0.2, -0.15) is 0 Å². The molecule has 30 heavy (non-hydrogen) atoms. The van der Waals surface area contributed by atoms with E-state index in [-0.39, 0.29) is 6.10 Å². The maximum absolute atomic E-state index is 6.11. The van der Waals surface area contributed by atoms with E-state index in [2.05, 4.69) is 25.6 Å². The summed E-state index contributed by atoms with van der Waals surface area (Å²) >= 11 is 0. The molecule has 0 bridgehead atoms. The number of hydrogen-bond donors (Lipinski definition) is 2. The van der Waals surface area contributed by atoms with Crippen LogP contribution in [0.2, 0.25) is 0 Å². The highest BCUT2D eigenvalue weighted by atomic mass is 16.5. The zero-order valence-corrected chi connectivity index (χ0v) is 17.2. The van der Waals surface area contributed by atoms with Gasteiger partial charge in [0.25, 0.3) is 0 Å². The summed E-state index contributed by atoms with van der Waals surface area (Å²) in [5.74, 6) is 1.99. The van der Waals surface area contributed by atoms with Crippen molar-refractivity contribution < 1.29 is 9.15 Å². The molecule has 156 valence electrons. The summed E-state index contributed by atoms with van der Waals surface area (Å²) in [6, 6.07) is 13.8. The highest BCUT2D eigenvalue weighted by molar-refractivity contribution is 5.79. The molecule has 7 heteroatoms. The largest absolute Gasteiger partial charge is 0.474 e. The molecule has 0 unspecified atom stereocenters. The second-order valence-corrected chi connectivity index (χ2v) is 7.28. The van der Waals surface area contributed by atoms with Gasteiger partial charge in [-0.05, 0) is 43.9 Å². The molecule has 7 nitrogen and oxygen atoms in total. The van der Waals surface area contributed by atoms with Crippen LogP contribution < -0.4 is 15.4 Å². The molecule has 2 heterocycles. The molecule has 0 aliphatic heterocycles. The number of benzene rings is 1. The fraction of sp³-hybridized carbons (Fsp3) is 0.348. The first-order valence-corrected chi connectivity index (χ1v) is 10.4. The molecular weight excluding hydrogens is 378 g/mol. The maximum atomic E-state index is 6.11. The minimum Gasteiger partial charge on any atom is -0.474 e. The second-order valence-electron chi connectivity index (χ2n) is 7.28. The van der Waals surface area contributed by atoms with Crippen molar-refractivity contribution in [3.63, 3.8) is 0 Å². The summed E-state index contributed by atoms with van der Waals surface area (Å²) in [6.07, 6.45) is 8.39. The smallest absolute Gasteiger partial charge is 0.226 e. The number of aromatic nitrogens is 2. The molecule has 0 amide bonds. The van der Waals surface area contributed by atoms with Crippen LogP contribution in [0.1, 0.15) is 36.9 Å². The van der Waals surface area contributed by atoms with E-state index in [1.807, 2.05) is 42.5 Å². The molecular formula is C23H27N5O2. The average molecular weight is 406 g/mol. The Labute approximate surface area is 176 Å². The maximum Gasteiger partial charge on any atom is 0.226 e. The van der Waals surface area contributed by atoms with Crippen LogP contribution in [0.3, 0.4) is 0 Å². The monoisotopic (exact) mass is 405 g/mol. The third kappa shape index (κ3) is 5.17. The van der Waals surface area contributed by atoms with Gasteiger partial charge in [0, 0.05) is 30.9 Å². The molecule has 4 rings (SSSR count). The predicted octanol–water partition coefficient (Wildman–Crippen LogP) is 3.92. The van der Waals surface area contributed by atoms with Gasteiger partial charge in [-0.15, -0.1) is 0 Å². The Morgan fingerprint density at radius 3 is 2.70 bits per heavy atom. The number of guanidine groups is 1. The lowest BCUT2D eigenvalue weighted by Crippen LogP contribution is -2.36. The van der Waals surface area contributed by atoms with Crippen LogP contribution in [0.5, 0.6) is 5.88 Å². The van der Waals surface area contributed by atoms with Gasteiger partial charge in [0.2, 0.25) is 11.8 Å². The van der Waals surface area contributed by atoms with Crippen molar-refractivity contribution in [3.8, 4) is 17.3 Å². The van der Waals surface area contributed by atoms with Crippen LogP contribution in [0.15, 0.2) is 64.3 Å². The van der Waals surface area contributed by atoms with Crippen molar-refractivity contribution in [1.82, 2.24) is 20.6 Å². The van der Waals surface area contributed by atoms with E-state index >= 15 is 0 Å². The number of ether oxygens (including phenoxy) is 1. The van der Waals surface area contributed by atoms with Crippen molar-refractivity contribution in [2.45, 2.75) is 44.9 Å². The van der Waals surface area contributed by atoms with Crippen LogP contribution in [0.25, 0.3) is 11.5 Å². The molecule has 0 spiro atoms. The highest BCUT2D eigenvalue weighted by Gasteiger charge is 2.18. The second kappa shape index (κ2) is 9.91. The highest BCUT2D eigenvalue weighted by Crippen LogP contribution is 2.25. The van der Waals surface area contributed by atoms with Gasteiger partial charge in [0.1, 0.15) is 12.4 Å². The van der Waals surface area contributed by atoms with Crippen LogP contribution >= 0.6 is 0 Å². The van der Waals surface area contributed by atoms with Crippen molar-refractivity contribution in [3.05, 3.63) is 66.2 Å². The lowest BCUT2D eigenvalue weighted by atomic mass is 10.2. The lowest BCUT2D eigenvalue weighted by molar-refractivity contribution is 0.199.